The Kier molecular flexibility index (Phi) is 6.83. The molecule has 0 aliphatic heterocycles. The minimum Gasteiger partial charge on any atom is -0.489 e. The highest BCUT2D eigenvalue weighted by Crippen LogP contribution is 2.33. The average molecular weight is 412 g/mol. The van der Waals surface area contributed by atoms with Crippen molar-refractivity contribution in [3.63, 3.8) is 0 Å². The van der Waals surface area contributed by atoms with Gasteiger partial charge >= 0.3 is 0 Å². The van der Waals surface area contributed by atoms with Gasteiger partial charge < -0.3 is 10.5 Å². The minimum absolute atomic E-state index is 0.0811. The molecule has 130 valence electrons. The first kappa shape index (κ1) is 19.0. The van der Waals surface area contributed by atoms with E-state index in [-0.39, 0.29) is 15.9 Å². The van der Waals surface area contributed by atoms with Crippen molar-refractivity contribution in [2.45, 2.75) is 42.1 Å². The van der Waals surface area contributed by atoms with Crippen LogP contribution in [0.2, 0.25) is 0 Å². The third kappa shape index (κ3) is 4.82. The molecule has 0 aliphatic rings. The molecule has 0 fully saturated rings. The molecule has 0 aromatic heterocycles. The molecule has 4 nitrogen and oxygen atoms in total. The van der Waals surface area contributed by atoms with Crippen molar-refractivity contribution in [2.75, 3.05) is 6.54 Å². The van der Waals surface area contributed by atoms with Gasteiger partial charge in [-0.25, -0.2) is 8.42 Å². The molecule has 0 spiro atoms. The smallest absolute Gasteiger partial charge is 0.210 e. The number of hydrogen-bond donors (Lipinski definition) is 1. The first-order valence-corrected chi connectivity index (χ1v) is 10.2. The van der Waals surface area contributed by atoms with E-state index in [0.29, 0.717) is 16.8 Å². The highest BCUT2D eigenvalue weighted by Gasteiger charge is 2.23. The van der Waals surface area contributed by atoms with Crippen LogP contribution in [0.25, 0.3) is 0 Å². The summed E-state index contributed by atoms with van der Waals surface area (Å²) in [6.07, 6.45) is 2.64. The van der Waals surface area contributed by atoms with Gasteiger partial charge in [0.05, 0.1) is 11.0 Å². The number of rotatable bonds is 8. The number of sulfone groups is 1. The molecule has 2 N–H and O–H groups in total. The van der Waals surface area contributed by atoms with Crippen LogP contribution in [-0.2, 0) is 9.84 Å². The summed E-state index contributed by atoms with van der Waals surface area (Å²) < 4.78 is 32.5. The van der Waals surface area contributed by atoms with Gasteiger partial charge in [0.25, 0.3) is 0 Å². The van der Waals surface area contributed by atoms with Crippen molar-refractivity contribution in [3.8, 4) is 5.75 Å². The highest BCUT2D eigenvalue weighted by atomic mass is 79.9. The Hall–Kier alpha value is -1.37. The molecule has 0 amide bonds. The SMILES string of the molecule is CC(CCCCN)Oc1ccc(Br)cc1S(=O)(=O)c1ccccc1. The van der Waals surface area contributed by atoms with Crippen LogP contribution >= 0.6 is 15.9 Å². The topological polar surface area (TPSA) is 69.4 Å². The van der Waals surface area contributed by atoms with Crippen LogP contribution in [0.4, 0.5) is 0 Å². The van der Waals surface area contributed by atoms with Crippen molar-refractivity contribution in [1.82, 2.24) is 0 Å². The Bertz CT molecular complexity index is 763. The maximum atomic E-state index is 12.9. The Morgan fingerprint density at radius 2 is 1.83 bits per heavy atom. The molecule has 0 aliphatic carbocycles. The molecule has 2 rings (SSSR count). The maximum absolute atomic E-state index is 12.9. The van der Waals surface area contributed by atoms with E-state index >= 15 is 0 Å². The predicted octanol–water partition coefficient (Wildman–Crippen LogP) is 4.18. The molecule has 1 unspecified atom stereocenters. The fourth-order valence-corrected chi connectivity index (χ4v) is 4.31. The second-order valence-corrected chi connectivity index (χ2v) is 8.45. The number of unbranched alkanes of at least 4 members (excludes halogenated alkanes) is 1. The average Bonchev–Trinajstić information content (AvgIpc) is 2.57. The predicted molar refractivity (Wildman–Crippen MR) is 99.0 cm³/mol. The van der Waals surface area contributed by atoms with Gasteiger partial charge in [0, 0.05) is 4.47 Å². The first-order valence-electron chi connectivity index (χ1n) is 7.91. The van der Waals surface area contributed by atoms with Gasteiger partial charge in [-0.15, -0.1) is 0 Å². The Morgan fingerprint density at radius 1 is 1.12 bits per heavy atom. The summed E-state index contributed by atoms with van der Waals surface area (Å²) in [7, 11) is -3.64. The second-order valence-electron chi connectivity index (χ2n) is 5.62. The van der Waals surface area contributed by atoms with Gasteiger partial charge in [-0.2, -0.15) is 0 Å². The van der Waals surface area contributed by atoms with Crippen molar-refractivity contribution in [3.05, 3.63) is 53.0 Å². The summed E-state index contributed by atoms with van der Waals surface area (Å²) in [5, 5.41) is 0. The normalized spacial score (nSPS) is 12.8. The monoisotopic (exact) mass is 411 g/mol. The molecular formula is C18H22BrNO3S. The second kappa shape index (κ2) is 8.65. The van der Waals surface area contributed by atoms with E-state index < -0.39 is 9.84 Å². The number of halogens is 1. The maximum Gasteiger partial charge on any atom is 0.210 e. The van der Waals surface area contributed by atoms with Crippen molar-refractivity contribution in [2.24, 2.45) is 5.73 Å². The molecule has 0 bridgehead atoms. The van der Waals surface area contributed by atoms with Crippen LogP contribution in [0.15, 0.2) is 62.8 Å². The molecule has 24 heavy (non-hydrogen) atoms. The van der Waals surface area contributed by atoms with Crippen LogP contribution in [0.1, 0.15) is 26.2 Å². The lowest BCUT2D eigenvalue weighted by Crippen LogP contribution is -2.15. The zero-order valence-corrected chi connectivity index (χ0v) is 16.0. The van der Waals surface area contributed by atoms with E-state index in [2.05, 4.69) is 15.9 Å². The summed E-state index contributed by atoms with van der Waals surface area (Å²) in [6.45, 7) is 2.59. The van der Waals surface area contributed by atoms with Crippen LogP contribution in [-0.4, -0.2) is 21.1 Å². The highest BCUT2D eigenvalue weighted by molar-refractivity contribution is 9.10. The van der Waals surface area contributed by atoms with Crippen LogP contribution in [0, 0.1) is 0 Å². The van der Waals surface area contributed by atoms with E-state index in [1.165, 1.54) is 0 Å². The first-order chi connectivity index (χ1) is 11.4. The van der Waals surface area contributed by atoms with Gasteiger partial charge in [0.1, 0.15) is 10.6 Å². The lowest BCUT2D eigenvalue weighted by Gasteiger charge is -2.18. The molecule has 2 aromatic carbocycles. The van der Waals surface area contributed by atoms with Crippen molar-refractivity contribution >= 4 is 25.8 Å². The minimum atomic E-state index is -3.64. The molecule has 0 heterocycles. The van der Waals surface area contributed by atoms with Gasteiger partial charge in [-0.3, -0.25) is 0 Å². The zero-order chi connectivity index (χ0) is 17.6. The number of benzene rings is 2. The summed E-state index contributed by atoms with van der Waals surface area (Å²) in [5.41, 5.74) is 5.50. The number of nitrogens with two attached hydrogens (primary N) is 1. The van der Waals surface area contributed by atoms with E-state index in [1.54, 1.807) is 48.5 Å². The summed E-state index contributed by atoms with van der Waals surface area (Å²) in [5.74, 6) is 0.377. The summed E-state index contributed by atoms with van der Waals surface area (Å²) >= 11 is 3.34. The summed E-state index contributed by atoms with van der Waals surface area (Å²) in [6, 6.07) is 13.4. The van der Waals surface area contributed by atoms with Gasteiger partial charge in [-0.05, 0) is 63.1 Å². The third-order valence-electron chi connectivity index (χ3n) is 3.64. The fraction of sp³-hybridized carbons (Fsp3) is 0.333. The lowest BCUT2D eigenvalue weighted by molar-refractivity contribution is 0.201. The van der Waals surface area contributed by atoms with Crippen LogP contribution in [0.5, 0.6) is 5.75 Å². The molecule has 0 saturated carbocycles. The molecule has 0 saturated heterocycles. The summed E-state index contributed by atoms with van der Waals surface area (Å²) in [4.78, 5) is 0.428. The molecular weight excluding hydrogens is 390 g/mol. The number of hydrogen-bond acceptors (Lipinski definition) is 4. The molecule has 2 aromatic rings. The quantitative estimate of drug-likeness (QED) is 0.661. The van der Waals surface area contributed by atoms with Gasteiger partial charge in [0.15, 0.2) is 0 Å². The molecule has 0 radical (unpaired) electrons. The lowest BCUT2D eigenvalue weighted by atomic mass is 10.2. The standard InChI is InChI=1S/C18H22BrNO3S/c1-14(7-5-6-12-20)23-17-11-10-15(19)13-18(17)24(21,22)16-8-3-2-4-9-16/h2-4,8-11,13-14H,5-7,12,20H2,1H3. The van der Waals surface area contributed by atoms with E-state index in [9.17, 15) is 8.42 Å². The van der Waals surface area contributed by atoms with Gasteiger partial charge in [-0.1, -0.05) is 34.1 Å². The van der Waals surface area contributed by atoms with Crippen molar-refractivity contribution in [1.29, 1.82) is 0 Å². The largest absolute Gasteiger partial charge is 0.489 e. The Balaban J connectivity index is 2.31. The Morgan fingerprint density at radius 3 is 2.50 bits per heavy atom. The molecule has 1 atom stereocenters. The van der Waals surface area contributed by atoms with E-state index in [1.807, 2.05) is 6.92 Å². The molecule has 6 heteroatoms. The zero-order valence-electron chi connectivity index (χ0n) is 13.6. The van der Waals surface area contributed by atoms with Gasteiger partial charge in [0.2, 0.25) is 9.84 Å². The van der Waals surface area contributed by atoms with E-state index in [4.69, 9.17) is 10.5 Å². The fourth-order valence-electron chi connectivity index (χ4n) is 2.37. The number of ether oxygens (including phenoxy) is 1. The Labute approximate surface area is 152 Å². The van der Waals surface area contributed by atoms with E-state index in [0.717, 1.165) is 19.3 Å². The van der Waals surface area contributed by atoms with Crippen LogP contribution in [0.3, 0.4) is 0 Å². The van der Waals surface area contributed by atoms with Crippen molar-refractivity contribution < 1.29 is 13.2 Å². The van der Waals surface area contributed by atoms with Crippen LogP contribution < -0.4 is 10.5 Å². The third-order valence-corrected chi connectivity index (χ3v) is 5.93.